The fourth-order valence-corrected chi connectivity index (χ4v) is 4.15. The molecule has 2 aliphatic rings. The summed E-state index contributed by atoms with van der Waals surface area (Å²) in [6, 6.07) is 0. The van der Waals surface area contributed by atoms with Crippen molar-refractivity contribution in [3.8, 4) is 0 Å². The van der Waals surface area contributed by atoms with E-state index in [0.717, 1.165) is 29.6 Å². The van der Waals surface area contributed by atoms with Crippen LogP contribution in [-0.4, -0.2) is 0 Å². The molecular formula is C16H28. The zero-order valence-corrected chi connectivity index (χ0v) is 11.5. The largest absolute Gasteiger partial charge is 0.0822 e. The lowest BCUT2D eigenvalue weighted by Gasteiger charge is -2.32. The van der Waals surface area contributed by atoms with Gasteiger partial charge in [-0.25, -0.2) is 0 Å². The molecule has 0 bridgehead atoms. The Morgan fingerprint density at radius 1 is 1.19 bits per heavy atom. The first-order valence-electron chi connectivity index (χ1n) is 7.28. The average molecular weight is 220 g/mol. The van der Waals surface area contributed by atoms with E-state index in [9.17, 15) is 0 Å². The van der Waals surface area contributed by atoms with Gasteiger partial charge in [-0.15, -0.1) is 0 Å². The first-order valence-corrected chi connectivity index (χ1v) is 7.28. The summed E-state index contributed by atoms with van der Waals surface area (Å²) in [7, 11) is 0. The molecule has 0 heteroatoms. The highest BCUT2D eigenvalue weighted by Crippen LogP contribution is 2.42. The number of allylic oxidation sites excluding steroid dienone is 2. The number of hydrogen-bond donors (Lipinski definition) is 0. The molecule has 92 valence electrons. The van der Waals surface area contributed by atoms with Crippen molar-refractivity contribution in [3.05, 3.63) is 11.6 Å². The predicted octanol–water partition coefficient (Wildman–Crippen LogP) is 5.05. The van der Waals surface area contributed by atoms with Crippen molar-refractivity contribution in [3.63, 3.8) is 0 Å². The molecule has 0 nitrogen and oxygen atoms in total. The van der Waals surface area contributed by atoms with Crippen molar-refractivity contribution in [2.75, 3.05) is 0 Å². The van der Waals surface area contributed by atoms with E-state index < -0.39 is 0 Å². The van der Waals surface area contributed by atoms with E-state index in [-0.39, 0.29) is 0 Å². The second-order valence-electron chi connectivity index (χ2n) is 6.62. The number of hydrogen-bond acceptors (Lipinski definition) is 0. The Labute approximate surface area is 102 Å². The van der Waals surface area contributed by atoms with Crippen LogP contribution in [0.3, 0.4) is 0 Å². The van der Waals surface area contributed by atoms with Crippen LogP contribution in [0.25, 0.3) is 0 Å². The molecule has 1 fully saturated rings. The predicted molar refractivity (Wildman–Crippen MR) is 71.3 cm³/mol. The molecular weight excluding hydrogens is 192 g/mol. The van der Waals surface area contributed by atoms with E-state index in [1.165, 1.54) is 32.1 Å². The Balaban J connectivity index is 2.06. The summed E-state index contributed by atoms with van der Waals surface area (Å²) < 4.78 is 0. The van der Waals surface area contributed by atoms with Crippen molar-refractivity contribution in [1.29, 1.82) is 0 Å². The maximum Gasteiger partial charge on any atom is -0.0201 e. The molecule has 0 radical (unpaired) electrons. The van der Waals surface area contributed by atoms with Crippen molar-refractivity contribution in [2.24, 2.45) is 29.6 Å². The summed E-state index contributed by atoms with van der Waals surface area (Å²) in [6.07, 6.45) is 9.77. The summed E-state index contributed by atoms with van der Waals surface area (Å²) in [5.41, 5.74) is 1.78. The molecule has 5 atom stereocenters. The molecule has 0 aromatic carbocycles. The van der Waals surface area contributed by atoms with Gasteiger partial charge >= 0.3 is 0 Å². The van der Waals surface area contributed by atoms with Crippen LogP contribution in [0.15, 0.2) is 11.6 Å². The highest BCUT2D eigenvalue weighted by Gasteiger charge is 2.31. The third-order valence-electron chi connectivity index (χ3n) is 5.01. The van der Waals surface area contributed by atoms with Crippen LogP contribution in [0.1, 0.15) is 59.8 Å². The minimum atomic E-state index is 0.818. The highest BCUT2D eigenvalue weighted by atomic mass is 14.4. The van der Waals surface area contributed by atoms with Gasteiger partial charge in [0.25, 0.3) is 0 Å². The molecule has 0 aromatic rings. The van der Waals surface area contributed by atoms with Crippen LogP contribution in [0.2, 0.25) is 0 Å². The van der Waals surface area contributed by atoms with Gasteiger partial charge in [0.05, 0.1) is 0 Å². The zero-order valence-electron chi connectivity index (χ0n) is 11.5. The number of rotatable bonds is 2. The lowest BCUT2D eigenvalue weighted by Crippen LogP contribution is -2.21. The van der Waals surface area contributed by atoms with Crippen LogP contribution in [-0.2, 0) is 0 Å². The van der Waals surface area contributed by atoms with Crippen LogP contribution in [0, 0.1) is 29.6 Å². The molecule has 2 rings (SSSR count). The minimum absolute atomic E-state index is 0.818. The molecule has 0 N–H and O–H groups in total. The maximum atomic E-state index is 2.59. The second-order valence-corrected chi connectivity index (χ2v) is 6.62. The monoisotopic (exact) mass is 220 g/mol. The standard InChI is InChI=1S/C16H28/c1-11-8-12(2)10-15(9-11)14(4)16-7-5-6-13(16)3/h9,11-14,16H,5-8,10H2,1-4H3/t11?,12?,13-,14-,16?/m1/s1. The Hall–Kier alpha value is -0.260. The van der Waals surface area contributed by atoms with Crippen LogP contribution < -0.4 is 0 Å². The smallest absolute Gasteiger partial charge is 0.0201 e. The van der Waals surface area contributed by atoms with Crippen LogP contribution in [0.4, 0.5) is 0 Å². The van der Waals surface area contributed by atoms with Crippen molar-refractivity contribution >= 4 is 0 Å². The van der Waals surface area contributed by atoms with Gasteiger partial charge in [0, 0.05) is 0 Å². The van der Waals surface area contributed by atoms with Crippen molar-refractivity contribution < 1.29 is 0 Å². The molecule has 16 heavy (non-hydrogen) atoms. The molecule has 3 unspecified atom stereocenters. The summed E-state index contributed by atoms with van der Waals surface area (Å²) in [5.74, 6) is 4.52. The van der Waals surface area contributed by atoms with Crippen molar-refractivity contribution in [1.82, 2.24) is 0 Å². The second kappa shape index (κ2) is 4.94. The lowest BCUT2D eigenvalue weighted by atomic mass is 9.74. The fourth-order valence-electron chi connectivity index (χ4n) is 4.15. The Morgan fingerprint density at radius 3 is 2.50 bits per heavy atom. The Kier molecular flexibility index (Phi) is 3.77. The zero-order chi connectivity index (χ0) is 11.7. The minimum Gasteiger partial charge on any atom is -0.0822 e. The molecule has 0 aliphatic heterocycles. The van der Waals surface area contributed by atoms with Crippen LogP contribution in [0.5, 0.6) is 0 Å². The van der Waals surface area contributed by atoms with E-state index in [4.69, 9.17) is 0 Å². The van der Waals surface area contributed by atoms with Gasteiger partial charge in [0.1, 0.15) is 0 Å². The topological polar surface area (TPSA) is 0 Å². The molecule has 1 saturated carbocycles. The van der Waals surface area contributed by atoms with E-state index in [2.05, 4.69) is 33.8 Å². The lowest BCUT2D eigenvalue weighted by molar-refractivity contribution is 0.302. The van der Waals surface area contributed by atoms with Crippen molar-refractivity contribution in [2.45, 2.75) is 59.8 Å². The first kappa shape index (κ1) is 12.2. The Morgan fingerprint density at radius 2 is 1.94 bits per heavy atom. The molecule has 0 heterocycles. The van der Waals surface area contributed by atoms with Gasteiger partial charge in [0.15, 0.2) is 0 Å². The summed E-state index contributed by atoms with van der Waals surface area (Å²) in [4.78, 5) is 0. The van der Waals surface area contributed by atoms with E-state index >= 15 is 0 Å². The van der Waals surface area contributed by atoms with E-state index in [1.807, 2.05) is 0 Å². The van der Waals surface area contributed by atoms with Gasteiger partial charge in [-0.2, -0.15) is 0 Å². The molecule has 0 aromatic heterocycles. The quantitative estimate of drug-likeness (QED) is 0.571. The third-order valence-corrected chi connectivity index (χ3v) is 5.01. The summed E-state index contributed by atoms with van der Waals surface area (Å²) >= 11 is 0. The molecule has 0 amide bonds. The molecule has 2 aliphatic carbocycles. The maximum absolute atomic E-state index is 2.59. The van der Waals surface area contributed by atoms with Gasteiger partial charge in [0.2, 0.25) is 0 Å². The summed E-state index contributed by atoms with van der Waals surface area (Å²) in [6.45, 7) is 9.77. The summed E-state index contributed by atoms with van der Waals surface area (Å²) in [5, 5.41) is 0. The van der Waals surface area contributed by atoms with Gasteiger partial charge in [-0.05, 0) is 48.9 Å². The van der Waals surface area contributed by atoms with Gasteiger partial charge < -0.3 is 0 Å². The fraction of sp³-hybridized carbons (Fsp3) is 0.875. The Bertz CT molecular complexity index is 263. The normalized spacial score (nSPS) is 41.9. The van der Waals surface area contributed by atoms with E-state index in [0.29, 0.717) is 0 Å². The first-order chi connectivity index (χ1) is 7.58. The van der Waals surface area contributed by atoms with Gasteiger partial charge in [-0.1, -0.05) is 52.2 Å². The SMILES string of the molecule is CC1C=C([C@@H](C)C2CCC[C@H]2C)CC(C)C1. The molecule has 0 spiro atoms. The van der Waals surface area contributed by atoms with Gasteiger partial charge in [-0.3, -0.25) is 0 Å². The van der Waals surface area contributed by atoms with E-state index in [1.54, 1.807) is 5.57 Å². The third kappa shape index (κ3) is 2.52. The highest BCUT2D eigenvalue weighted by molar-refractivity contribution is 5.13. The van der Waals surface area contributed by atoms with Crippen LogP contribution >= 0.6 is 0 Å². The molecule has 0 saturated heterocycles. The average Bonchev–Trinajstić information content (AvgIpc) is 2.62.